The maximum atomic E-state index is 12.5. The van der Waals surface area contributed by atoms with Crippen LogP contribution >= 0.6 is 12.4 Å². The van der Waals surface area contributed by atoms with Gasteiger partial charge in [0, 0.05) is 31.7 Å². The lowest BCUT2D eigenvalue weighted by Gasteiger charge is -2.32. The van der Waals surface area contributed by atoms with Crippen LogP contribution in [0.5, 0.6) is 5.75 Å². The Labute approximate surface area is 132 Å². The summed E-state index contributed by atoms with van der Waals surface area (Å²) in [6.45, 7) is 3.01. The normalized spacial score (nSPS) is 20.3. The second-order valence-corrected chi connectivity index (χ2v) is 6.58. The van der Waals surface area contributed by atoms with Crippen LogP contribution in [0.2, 0.25) is 0 Å². The topological polar surface area (TPSA) is 58.6 Å². The molecule has 0 saturated carbocycles. The fourth-order valence-electron chi connectivity index (χ4n) is 2.15. The van der Waals surface area contributed by atoms with Gasteiger partial charge in [-0.2, -0.15) is 4.31 Å². The fraction of sp³-hybridized carbons (Fsp3) is 0.500. The molecule has 1 heterocycles. The number of piperazine rings is 1. The van der Waals surface area contributed by atoms with Crippen LogP contribution in [0.25, 0.3) is 0 Å². The molecule has 1 aromatic carbocycles. The zero-order valence-electron chi connectivity index (χ0n) is 11.6. The number of halogens is 4. The van der Waals surface area contributed by atoms with Crippen molar-refractivity contribution in [2.45, 2.75) is 24.2 Å². The van der Waals surface area contributed by atoms with Gasteiger partial charge in [-0.25, -0.2) is 8.42 Å². The van der Waals surface area contributed by atoms with Gasteiger partial charge >= 0.3 is 6.36 Å². The average molecular weight is 361 g/mol. The maximum Gasteiger partial charge on any atom is 0.573 e. The van der Waals surface area contributed by atoms with Crippen LogP contribution in [0.15, 0.2) is 29.2 Å². The van der Waals surface area contributed by atoms with Crippen LogP contribution < -0.4 is 10.1 Å². The van der Waals surface area contributed by atoms with Crippen molar-refractivity contribution in [2.24, 2.45) is 0 Å². The fourth-order valence-corrected chi connectivity index (χ4v) is 3.81. The highest BCUT2D eigenvalue weighted by Gasteiger charge is 2.33. The molecule has 1 N–H and O–H groups in total. The number of ether oxygens (including phenoxy) is 1. The molecule has 22 heavy (non-hydrogen) atoms. The molecule has 2 rings (SSSR count). The molecular formula is C12H16ClF3N2O3S. The van der Waals surface area contributed by atoms with Crippen molar-refractivity contribution < 1.29 is 26.3 Å². The Kier molecular flexibility index (Phi) is 6.08. The van der Waals surface area contributed by atoms with E-state index in [0.29, 0.717) is 13.1 Å². The summed E-state index contributed by atoms with van der Waals surface area (Å²) in [4.78, 5) is -0.210. The van der Waals surface area contributed by atoms with E-state index in [-0.39, 0.29) is 29.9 Å². The van der Waals surface area contributed by atoms with Gasteiger partial charge in [-0.1, -0.05) is 6.07 Å². The summed E-state index contributed by atoms with van der Waals surface area (Å²) in [6.07, 6.45) is -4.86. The molecule has 0 unspecified atom stereocenters. The number of hydrogen-bond acceptors (Lipinski definition) is 4. The predicted molar refractivity (Wildman–Crippen MR) is 76.6 cm³/mol. The number of alkyl halides is 3. The van der Waals surface area contributed by atoms with Gasteiger partial charge in [-0.05, 0) is 19.1 Å². The van der Waals surface area contributed by atoms with Crippen LogP contribution in [-0.2, 0) is 10.0 Å². The SMILES string of the molecule is C[C@H]1CNCCN1S(=O)(=O)c1cccc(OC(F)(F)F)c1.Cl. The Bertz CT molecular complexity index is 610. The molecule has 1 fully saturated rings. The Morgan fingerprint density at radius 1 is 1.36 bits per heavy atom. The van der Waals surface area contributed by atoms with E-state index in [9.17, 15) is 21.6 Å². The molecule has 5 nitrogen and oxygen atoms in total. The highest BCUT2D eigenvalue weighted by atomic mass is 35.5. The third-order valence-electron chi connectivity index (χ3n) is 3.09. The second-order valence-electron chi connectivity index (χ2n) is 4.69. The lowest BCUT2D eigenvalue weighted by Crippen LogP contribution is -2.52. The third kappa shape index (κ3) is 4.48. The summed E-state index contributed by atoms with van der Waals surface area (Å²) in [6, 6.07) is 4.16. The lowest BCUT2D eigenvalue weighted by atomic mass is 10.3. The molecule has 1 aliphatic rings. The number of benzene rings is 1. The minimum atomic E-state index is -4.86. The van der Waals surface area contributed by atoms with E-state index in [0.717, 1.165) is 12.1 Å². The zero-order valence-corrected chi connectivity index (χ0v) is 13.3. The molecular weight excluding hydrogens is 345 g/mol. The quantitative estimate of drug-likeness (QED) is 0.895. The largest absolute Gasteiger partial charge is 0.573 e. The Morgan fingerprint density at radius 2 is 2.05 bits per heavy atom. The molecule has 1 atom stereocenters. The molecule has 0 bridgehead atoms. The maximum absolute atomic E-state index is 12.5. The van der Waals surface area contributed by atoms with Crippen molar-refractivity contribution in [2.75, 3.05) is 19.6 Å². The molecule has 1 saturated heterocycles. The van der Waals surface area contributed by atoms with Crippen molar-refractivity contribution in [3.8, 4) is 5.75 Å². The van der Waals surface area contributed by atoms with Crippen molar-refractivity contribution >= 4 is 22.4 Å². The molecule has 0 radical (unpaired) electrons. The zero-order chi connectivity index (χ0) is 15.7. The van der Waals surface area contributed by atoms with Crippen LogP contribution in [0, 0.1) is 0 Å². The highest BCUT2D eigenvalue weighted by molar-refractivity contribution is 7.89. The van der Waals surface area contributed by atoms with Crippen molar-refractivity contribution in [1.29, 1.82) is 0 Å². The minimum absolute atomic E-state index is 0. The summed E-state index contributed by atoms with van der Waals surface area (Å²) in [7, 11) is -3.84. The number of hydrogen-bond donors (Lipinski definition) is 1. The molecule has 1 aromatic rings. The first-order valence-corrected chi connectivity index (χ1v) is 7.72. The Hall–Kier alpha value is -1.03. The number of rotatable bonds is 3. The Morgan fingerprint density at radius 3 is 2.64 bits per heavy atom. The van der Waals surface area contributed by atoms with Gasteiger partial charge < -0.3 is 10.1 Å². The van der Waals surface area contributed by atoms with Gasteiger partial charge in [0.25, 0.3) is 0 Å². The number of sulfonamides is 1. The van der Waals surface area contributed by atoms with Crippen LogP contribution in [0.1, 0.15) is 6.92 Å². The van der Waals surface area contributed by atoms with E-state index < -0.39 is 22.1 Å². The van der Waals surface area contributed by atoms with E-state index >= 15 is 0 Å². The molecule has 0 aromatic heterocycles. The Balaban J connectivity index is 0.00000242. The summed E-state index contributed by atoms with van der Waals surface area (Å²) in [5.41, 5.74) is 0. The predicted octanol–water partition coefficient (Wildman–Crippen LogP) is 1.99. The van der Waals surface area contributed by atoms with Crippen molar-refractivity contribution in [1.82, 2.24) is 9.62 Å². The molecule has 126 valence electrons. The van der Waals surface area contributed by atoms with Crippen molar-refractivity contribution in [3.05, 3.63) is 24.3 Å². The van der Waals surface area contributed by atoms with Gasteiger partial charge in [-0.3, -0.25) is 0 Å². The van der Waals surface area contributed by atoms with Gasteiger partial charge in [0.15, 0.2) is 0 Å². The van der Waals surface area contributed by atoms with Crippen LogP contribution in [-0.4, -0.2) is 44.8 Å². The van der Waals surface area contributed by atoms with Gasteiger partial charge in [0.2, 0.25) is 10.0 Å². The van der Waals surface area contributed by atoms with E-state index in [4.69, 9.17) is 0 Å². The summed E-state index contributed by atoms with van der Waals surface area (Å²) < 4.78 is 66.6. The molecule has 10 heteroatoms. The first-order valence-electron chi connectivity index (χ1n) is 6.28. The third-order valence-corrected chi connectivity index (χ3v) is 5.10. The van der Waals surface area contributed by atoms with E-state index in [1.54, 1.807) is 6.92 Å². The monoisotopic (exact) mass is 360 g/mol. The smallest absolute Gasteiger partial charge is 0.406 e. The summed E-state index contributed by atoms with van der Waals surface area (Å²) in [5.74, 6) is -0.550. The molecule has 0 spiro atoms. The number of nitrogens with one attached hydrogen (secondary N) is 1. The minimum Gasteiger partial charge on any atom is -0.406 e. The summed E-state index contributed by atoms with van der Waals surface area (Å²) in [5, 5.41) is 3.05. The lowest BCUT2D eigenvalue weighted by molar-refractivity contribution is -0.274. The van der Waals surface area contributed by atoms with Gasteiger partial charge in [0.1, 0.15) is 5.75 Å². The standard InChI is InChI=1S/C12H15F3N2O3S.ClH/c1-9-8-16-5-6-17(9)21(18,19)11-4-2-3-10(7-11)20-12(13,14)15;/h2-4,7,9,16H,5-6,8H2,1H3;1H/t9-;/m0./s1. The average Bonchev–Trinajstić information content (AvgIpc) is 2.37. The van der Waals surface area contributed by atoms with Crippen LogP contribution in [0.4, 0.5) is 13.2 Å². The first-order chi connectivity index (χ1) is 9.70. The highest BCUT2D eigenvalue weighted by Crippen LogP contribution is 2.27. The molecule has 1 aliphatic heterocycles. The summed E-state index contributed by atoms with van der Waals surface area (Å²) >= 11 is 0. The van der Waals surface area contributed by atoms with Crippen LogP contribution in [0.3, 0.4) is 0 Å². The second kappa shape index (κ2) is 7.03. The van der Waals surface area contributed by atoms with E-state index in [2.05, 4.69) is 10.1 Å². The molecule has 0 aliphatic carbocycles. The number of nitrogens with zero attached hydrogens (tertiary/aromatic N) is 1. The van der Waals surface area contributed by atoms with Gasteiger partial charge in [0.05, 0.1) is 4.90 Å². The van der Waals surface area contributed by atoms with E-state index in [1.165, 1.54) is 16.4 Å². The molecule has 0 amide bonds. The van der Waals surface area contributed by atoms with E-state index in [1.807, 2.05) is 0 Å². The van der Waals surface area contributed by atoms with Crippen molar-refractivity contribution in [3.63, 3.8) is 0 Å². The van der Waals surface area contributed by atoms with Gasteiger partial charge in [-0.15, -0.1) is 25.6 Å². The first kappa shape index (κ1) is 19.0.